The second-order valence-electron chi connectivity index (χ2n) is 5.37. The summed E-state index contributed by atoms with van der Waals surface area (Å²) >= 11 is 0. The van der Waals surface area contributed by atoms with Crippen molar-refractivity contribution in [2.75, 3.05) is 0 Å². The largest absolute Gasteiger partial charge is 0.295 e. The molecule has 0 fully saturated rings. The second-order valence-corrected chi connectivity index (χ2v) is 5.37. The van der Waals surface area contributed by atoms with Crippen molar-refractivity contribution in [1.29, 1.82) is 0 Å². The summed E-state index contributed by atoms with van der Waals surface area (Å²) in [4.78, 5) is 22.7. The number of carbonyl (C=O) groups excluding carboxylic acids is 2. The fraction of sp³-hybridized carbons (Fsp3) is 0.391. The number of aryl methyl sites for hydroxylation is 2. The molecule has 2 heteroatoms. The lowest BCUT2D eigenvalue weighted by Gasteiger charge is -2.05. The van der Waals surface area contributed by atoms with E-state index in [4.69, 9.17) is 0 Å². The van der Waals surface area contributed by atoms with Crippen LogP contribution in [0.3, 0.4) is 0 Å². The number of Topliss-reactive ketones (excluding diaryl/α,β-unsaturated/α-hetero) is 2. The summed E-state index contributed by atoms with van der Waals surface area (Å²) in [5, 5.41) is 0. The lowest BCUT2D eigenvalue weighted by atomic mass is 10.00. The van der Waals surface area contributed by atoms with Gasteiger partial charge in [-0.2, -0.15) is 0 Å². The van der Waals surface area contributed by atoms with E-state index in [1.165, 1.54) is 11.1 Å². The molecule has 25 heavy (non-hydrogen) atoms. The van der Waals surface area contributed by atoms with Crippen molar-refractivity contribution in [3.8, 4) is 0 Å². The number of ketones is 2. The summed E-state index contributed by atoms with van der Waals surface area (Å²) in [6.07, 6.45) is 2.87. The molecule has 2 rings (SSSR count). The zero-order chi connectivity index (χ0) is 19.2. The van der Waals surface area contributed by atoms with Crippen LogP contribution in [0, 0.1) is 0 Å². The maximum atomic E-state index is 11.4. The summed E-state index contributed by atoms with van der Waals surface area (Å²) in [6, 6.07) is 15.6. The first-order valence-electron chi connectivity index (χ1n) is 9.26. The highest BCUT2D eigenvalue weighted by molar-refractivity contribution is 5.94. The average Bonchev–Trinajstić information content (AvgIpc) is 2.65. The topological polar surface area (TPSA) is 34.1 Å². The van der Waals surface area contributed by atoms with Gasteiger partial charge in [0.15, 0.2) is 11.6 Å². The molecular weight excluding hydrogens is 308 g/mol. The first-order chi connectivity index (χ1) is 12.1. The quantitative estimate of drug-likeness (QED) is 0.577. The van der Waals surface area contributed by atoms with Crippen molar-refractivity contribution in [3.05, 3.63) is 70.8 Å². The number of hydrogen-bond donors (Lipinski definition) is 0. The maximum Gasteiger partial charge on any atom is 0.159 e. The Morgan fingerprint density at radius 3 is 1.36 bits per heavy atom. The molecule has 0 atom stereocenters. The van der Waals surface area contributed by atoms with Gasteiger partial charge in [0.05, 0.1) is 0 Å². The first-order valence-corrected chi connectivity index (χ1v) is 9.26. The molecule has 2 aromatic carbocycles. The van der Waals surface area contributed by atoms with E-state index < -0.39 is 0 Å². The van der Waals surface area contributed by atoms with E-state index in [1.54, 1.807) is 13.8 Å². The zero-order valence-corrected chi connectivity index (χ0v) is 16.6. The van der Waals surface area contributed by atoms with E-state index in [-0.39, 0.29) is 11.6 Å². The van der Waals surface area contributed by atoms with Crippen LogP contribution in [-0.2, 0) is 12.8 Å². The lowest BCUT2D eigenvalue weighted by molar-refractivity contribution is 0.100. The molecule has 0 spiro atoms. The third-order valence-corrected chi connectivity index (χ3v) is 3.60. The van der Waals surface area contributed by atoms with Gasteiger partial charge >= 0.3 is 0 Å². The Balaban J connectivity index is 0.00000134. The van der Waals surface area contributed by atoms with Crippen LogP contribution in [0.2, 0.25) is 0 Å². The van der Waals surface area contributed by atoms with Crippen molar-refractivity contribution in [1.82, 2.24) is 0 Å². The minimum Gasteiger partial charge on any atom is -0.295 e. The van der Waals surface area contributed by atoms with Gasteiger partial charge in [-0.05, 0) is 56.4 Å². The van der Waals surface area contributed by atoms with Crippen LogP contribution in [0.15, 0.2) is 48.5 Å². The van der Waals surface area contributed by atoms with E-state index in [1.807, 2.05) is 64.1 Å². The summed E-state index contributed by atoms with van der Waals surface area (Å²) < 4.78 is 0. The molecule has 0 N–H and O–H groups in total. The van der Waals surface area contributed by atoms with Crippen LogP contribution in [0.25, 0.3) is 0 Å². The molecule has 0 aliphatic rings. The van der Waals surface area contributed by atoms with Gasteiger partial charge in [-0.1, -0.05) is 64.1 Å². The Hall–Kier alpha value is -2.22. The third-order valence-electron chi connectivity index (χ3n) is 3.60. The fourth-order valence-corrected chi connectivity index (χ4v) is 2.39. The van der Waals surface area contributed by atoms with Crippen LogP contribution in [0.4, 0.5) is 0 Å². The molecule has 2 nitrogen and oxygen atoms in total. The van der Waals surface area contributed by atoms with E-state index >= 15 is 0 Å². The van der Waals surface area contributed by atoms with Gasteiger partial charge < -0.3 is 0 Å². The van der Waals surface area contributed by atoms with Crippen LogP contribution < -0.4 is 0 Å². The standard InChI is InChI=1S/C19H20O2.2C2H6/c1-14(20)18-10-4-8-16(12-18)6-3-7-17-9-5-11-19(13-17)15(2)21;2*1-2/h4-5,8-13H,3,6-7H2,1-2H3;2*1-2H3. The fourth-order valence-electron chi connectivity index (χ4n) is 2.39. The average molecular weight is 341 g/mol. The van der Waals surface area contributed by atoms with Crippen LogP contribution in [-0.4, -0.2) is 11.6 Å². The molecule has 0 saturated carbocycles. The van der Waals surface area contributed by atoms with Crippen molar-refractivity contribution < 1.29 is 9.59 Å². The van der Waals surface area contributed by atoms with E-state index in [0.29, 0.717) is 0 Å². The van der Waals surface area contributed by atoms with Crippen LogP contribution in [0.1, 0.15) is 79.8 Å². The Morgan fingerprint density at radius 1 is 0.680 bits per heavy atom. The minimum absolute atomic E-state index is 0.103. The molecule has 0 aromatic heterocycles. The van der Waals surface area contributed by atoms with Gasteiger partial charge in [-0.25, -0.2) is 0 Å². The normalized spacial score (nSPS) is 9.20. The molecule has 0 heterocycles. The van der Waals surface area contributed by atoms with E-state index in [2.05, 4.69) is 12.1 Å². The number of hydrogen-bond acceptors (Lipinski definition) is 2. The summed E-state index contributed by atoms with van der Waals surface area (Å²) in [7, 11) is 0. The Morgan fingerprint density at radius 2 is 1.04 bits per heavy atom. The molecule has 0 unspecified atom stereocenters. The first kappa shape index (κ1) is 22.8. The molecule has 2 aromatic rings. The van der Waals surface area contributed by atoms with E-state index in [9.17, 15) is 9.59 Å². The van der Waals surface area contributed by atoms with Crippen LogP contribution >= 0.6 is 0 Å². The zero-order valence-electron chi connectivity index (χ0n) is 16.6. The van der Waals surface area contributed by atoms with Crippen molar-refractivity contribution in [2.45, 2.75) is 60.8 Å². The third kappa shape index (κ3) is 8.44. The second kappa shape index (κ2) is 13.1. The summed E-state index contributed by atoms with van der Waals surface area (Å²) in [5.74, 6) is 0.206. The van der Waals surface area contributed by atoms with Gasteiger partial charge in [-0.3, -0.25) is 9.59 Å². The van der Waals surface area contributed by atoms with Crippen molar-refractivity contribution >= 4 is 11.6 Å². The Bertz CT molecular complexity index is 599. The number of benzene rings is 2. The summed E-state index contributed by atoms with van der Waals surface area (Å²) in [5.41, 5.74) is 3.91. The lowest BCUT2D eigenvalue weighted by Crippen LogP contribution is -1.97. The molecule has 0 amide bonds. The maximum absolute atomic E-state index is 11.4. The van der Waals surface area contributed by atoms with Gasteiger partial charge in [0.1, 0.15) is 0 Å². The summed E-state index contributed by atoms with van der Waals surface area (Å²) in [6.45, 7) is 11.2. The molecule has 136 valence electrons. The minimum atomic E-state index is 0.103. The molecule has 0 bridgehead atoms. The molecule has 0 radical (unpaired) electrons. The number of rotatable bonds is 6. The predicted molar refractivity (Wildman–Crippen MR) is 108 cm³/mol. The van der Waals surface area contributed by atoms with E-state index in [0.717, 1.165) is 30.4 Å². The van der Waals surface area contributed by atoms with Gasteiger partial charge in [0.2, 0.25) is 0 Å². The molecular formula is C23H32O2. The monoisotopic (exact) mass is 340 g/mol. The highest BCUT2D eigenvalue weighted by atomic mass is 16.1. The van der Waals surface area contributed by atoms with Crippen molar-refractivity contribution in [2.24, 2.45) is 0 Å². The Kier molecular flexibility index (Phi) is 11.9. The smallest absolute Gasteiger partial charge is 0.159 e. The number of carbonyl (C=O) groups is 2. The molecule has 0 aliphatic carbocycles. The highest BCUT2D eigenvalue weighted by Crippen LogP contribution is 2.12. The van der Waals surface area contributed by atoms with Gasteiger partial charge in [-0.15, -0.1) is 0 Å². The van der Waals surface area contributed by atoms with Crippen molar-refractivity contribution in [3.63, 3.8) is 0 Å². The van der Waals surface area contributed by atoms with Crippen LogP contribution in [0.5, 0.6) is 0 Å². The predicted octanol–water partition coefficient (Wildman–Crippen LogP) is 6.32. The SMILES string of the molecule is CC.CC.CC(=O)c1cccc(CCCc2cccc(C(C)=O)c2)c1. The Labute approximate surface area is 153 Å². The van der Waals surface area contributed by atoms with Gasteiger partial charge in [0.25, 0.3) is 0 Å². The molecule has 0 aliphatic heterocycles. The van der Waals surface area contributed by atoms with Gasteiger partial charge in [0, 0.05) is 11.1 Å². The molecule has 0 saturated heterocycles. The highest BCUT2D eigenvalue weighted by Gasteiger charge is 2.03.